The van der Waals surface area contributed by atoms with Crippen LogP contribution in [-0.4, -0.2) is 10.4 Å². The summed E-state index contributed by atoms with van der Waals surface area (Å²) in [6, 6.07) is 5.07. The van der Waals surface area contributed by atoms with Crippen LogP contribution in [0.3, 0.4) is 0 Å². The van der Waals surface area contributed by atoms with E-state index in [1.54, 1.807) is 24.8 Å². The van der Waals surface area contributed by atoms with E-state index in [9.17, 15) is 9.50 Å². The average Bonchev–Trinajstić information content (AvgIpc) is 2.30. The Balaban J connectivity index is 2.16. The number of halogens is 1. The van der Waals surface area contributed by atoms with Crippen LogP contribution < -0.4 is 0 Å². The fraction of sp³-hybridized carbons (Fsp3) is 0.571. The largest absolute Gasteiger partial charge is 0.389 e. The van der Waals surface area contributed by atoms with Gasteiger partial charge in [-0.1, -0.05) is 25.3 Å². The van der Waals surface area contributed by atoms with Gasteiger partial charge < -0.3 is 5.11 Å². The molecule has 0 amide bonds. The number of aliphatic hydroxyl groups excluding tert-OH is 1. The van der Waals surface area contributed by atoms with Gasteiger partial charge in [-0.3, -0.25) is 0 Å². The first-order valence-electron chi connectivity index (χ1n) is 6.31. The molecule has 0 saturated heterocycles. The predicted octanol–water partition coefficient (Wildman–Crippen LogP) is 4.30. The minimum atomic E-state index is -0.734. The molecule has 0 bridgehead atoms. The summed E-state index contributed by atoms with van der Waals surface area (Å²) < 4.78 is 13.7. The van der Waals surface area contributed by atoms with Gasteiger partial charge in [0.05, 0.1) is 6.10 Å². The van der Waals surface area contributed by atoms with Gasteiger partial charge in [-0.05, 0) is 31.9 Å². The maximum Gasteiger partial charge on any atom is 0.130 e. The van der Waals surface area contributed by atoms with Crippen LogP contribution in [0.1, 0.15) is 50.7 Å². The molecule has 2 rings (SSSR count). The molecule has 1 aromatic rings. The van der Waals surface area contributed by atoms with Crippen molar-refractivity contribution in [1.29, 1.82) is 0 Å². The normalized spacial score (nSPS) is 19.2. The summed E-state index contributed by atoms with van der Waals surface area (Å²) in [5.41, 5.74) is 0.461. The molecular formula is C14H19FOS. The van der Waals surface area contributed by atoms with Crippen molar-refractivity contribution in [2.24, 2.45) is 0 Å². The van der Waals surface area contributed by atoms with Gasteiger partial charge in [0.2, 0.25) is 0 Å². The number of aliphatic hydroxyl groups is 1. The fourth-order valence-corrected chi connectivity index (χ4v) is 3.87. The number of hydrogen-bond donors (Lipinski definition) is 1. The first-order valence-corrected chi connectivity index (χ1v) is 7.19. The zero-order chi connectivity index (χ0) is 12.3. The summed E-state index contributed by atoms with van der Waals surface area (Å²) in [5.74, 6) is -0.291. The Morgan fingerprint density at radius 1 is 1.29 bits per heavy atom. The summed E-state index contributed by atoms with van der Waals surface area (Å²) in [6.07, 6.45) is 5.56. The molecule has 0 aromatic heterocycles. The van der Waals surface area contributed by atoms with E-state index >= 15 is 0 Å². The second-order valence-electron chi connectivity index (χ2n) is 4.71. The van der Waals surface area contributed by atoms with E-state index in [0.717, 1.165) is 4.90 Å². The molecule has 1 nitrogen and oxygen atoms in total. The van der Waals surface area contributed by atoms with E-state index in [-0.39, 0.29) is 5.82 Å². The molecule has 0 heterocycles. The van der Waals surface area contributed by atoms with Gasteiger partial charge in [0, 0.05) is 15.7 Å². The quantitative estimate of drug-likeness (QED) is 0.867. The van der Waals surface area contributed by atoms with Crippen molar-refractivity contribution in [2.75, 3.05) is 0 Å². The summed E-state index contributed by atoms with van der Waals surface area (Å²) in [6.45, 7) is 1.63. The Kier molecular flexibility index (Phi) is 4.46. The van der Waals surface area contributed by atoms with E-state index < -0.39 is 6.10 Å². The van der Waals surface area contributed by atoms with Gasteiger partial charge in [0.1, 0.15) is 5.82 Å². The molecule has 1 atom stereocenters. The van der Waals surface area contributed by atoms with Crippen LogP contribution in [-0.2, 0) is 0 Å². The topological polar surface area (TPSA) is 20.2 Å². The van der Waals surface area contributed by atoms with Crippen LogP contribution in [0.5, 0.6) is 0 Å². The summed E-state index contributed by atoms with van der Waals surface area (Å²) in [7, 11) is 0. The van der Waals surface area contributed by atoms with Crippen LogP contribution in [0, 0.1) is 5.82 Å². The Labute approximate surface area is 106 Å². The highest BCUT2D eigenvalue weighted by Crippen LogP contribution is 2.37. The summed E-state index contributed by atoms with van der Waals surface area (Å²) in [5, 5.41) is 10.2. The highest BCUT2D eigenvalue weighted by atomic mass is 32.2. The van der Waals surface area contributed by atoms with E-state index in [2.05, 4.69) is 0 Å². The fourth-order valence-electron chi connectivity index (χ4n) is 2.39. The minimum Gasteiger partial charge on any atom is -0.389 e. The smallest absolute Gasteiger partial charge is 0.130 e. The van der Waals surface area contributed by atoms with Crippen LogP contribution in [0.15, 0.2) is 23.1 Å². The molecule has 1 fully saturated rings. The van der Waals surface area contributed by atoms with Crippen molar-refractivity contribution in [3.63, 3.8) is 0 Å². The van der Waals surface area contributed by atoms with Gasteiger partial charge in [0.25, 0.3) is 0 Å². The van der Waals surface area contributed by atoms with Gasteiger partial charge >= 0.3 is 0 Å². The maximum absolute atomic E-state index is 13.7. The number of thioether (sulfide) groups is 1. The van der Waals surface area contributed by atoms with Crippen molar-refractivity contribution < 1.29 is 9.50 Å². The van der Waals surface area contributed by atoms with E-state index in [0.29, 0.717) is 10.8 Å². The first kappa shape index (κ1) is 12.9. The van der Waals surface area contributed by atoms with Crippen molar-refractivity contribution in [3.8, 4) is 0 Å². The Morgan fingerprint density at radius 3 is 2.65 bits per heavy atom. The number of benzene rings is 1. The van der Waals surface area contributed by atoms with Gasteiger partial charge in [-0.25, -0.2) is 4.39 Å². The predicted molar refractivity (Wildman–Crippen MR) is 69.8 cm³/mol. The number of rotatable bonds is 3. The maximum atomic E-state index is 13.7. The molecule has 0 radical (unpaired) electrons. The highest BCUT2D eigenvalue weighted by molar-refractivity contribution is 8.00. The van der Waals surface area contributed by atoms with Crippen molar-refractivity contribution in [2.45, 2.75) is 55.3 Å². The number of hydrogen-bond acceptors (Lipinski definition) is 2. The Hall–Kier alpha value is -0.540. The summed E-state index contributed by atoms with van der Waals surface area (Å²) >= 11 is 1.73. The minimum absolute atomic E-state index is 0.291. The first-order chi connectivity index (χ1) is 8.18. The van der Waals surface area contributed by atoms with E-state index in [1.165, 1.54) is 38.2 Å². The molecule has 0 unspecified atom stereocenters. The third-order valence-corrected chi connectivity index (χ3v) is 4.69. The lowest BCUT2D eigenvalue weighted by molar-refractivity contribution is 0.191. The molecule has 1 saturated carbocycles. The molecule has 1 aliphatic carbocycles. The molecule has 3 heteroatoms. The van der Waals surface area contributed by atoms with Crippen LogP contribution in [0.4, 0.5) is 4.39 Å². The second-order valence-corrected chi connectivity index (χ2v) is 6.05. The zero-order valence-electron chi connectivity index (χ0n) is 10.2. The summed E-state index contributed by atoms with van der Waals surface area (Å²) in [4.78, 5) is 0.909. The molecule has 1 N–H and O–H groups in total. The lowest BCUT2D eigenvalue weighted by Crippen LogP contribution is -2.09. The lowest BCUT2D eigenvalue weighted by atomic mass is 10.0. The van der Waals surface area contributed by atoms with Gasteiger partial charge in [-0.15, -0.1) is 11.8 Å². The van der Waals surface area contributed by atoms with Crippen molar-refractivity contribution >= 4 is 11.8 Å². The Bertz CT molecular complexity index is 372. The molecule has 1 aliphatic rings. The highest BCUT2D eigenvalue weighted by Gasteiger charge is 2.19. The average molecular weight is 254 g/mol. The van der Waals surface area contributed by atoms with Crippen LogP contribution in [0.25, 0.3) is 0 Å². The van der Waals surface area contributed by atoms with Crippen LogP contribution >= 0.6 is 11.8 Å². The van der Waals surface area contributed by atoms with Gasteiger partial charge in [-0.2, -0.15) is 0 Å². The van der Waals surface area contributed by atoms with E-state index in [1.807, 2.05) is 6.07 Å². The molecule has 0 aliphatic heterocycles. The monoisotopic (exact) mass is 254 g/mol. The SMILES string of the molecule is C[C@@H](O)c1c(F)cccc1SC1CCCCC1. The standard InChI is InChI=1S/C14H19FOS/c1-10(16)14-12(15)8-5-9-13(14)17-11-6-3-2-4-7-11/h5,8-11,16H,2-4,6-7H2,1H3/t10-/m1/s1. The molecule has 0 spiro atoms. The second kappa shape index (κ2) is 5.87. The third kappa shape index (κ3) is 3.23. The van der Waals surface area contributed by atoms with Crippen LogP contribution in [0.2, 0.25) is 0 Å². The lowest BCUT2D eigenvalue weighted by Gasteiger charge is -2.22. The Morgan fingerprint density at radius 2 is 2.00 bits per heavy atom. The third-order valence-electron chi connectivity index (χ3n) is 3.28. The zero-order valence-corrected chi connectivity index (χ0v) is 11.0. The molecule has 94 valence electrons. The van der Waals surface area contributed by atoms with Crippen molar-refractivity contribution in [1.82, 2.24) is 0 Å². The van der Waals surface area contributed by atoms with Crippen molar-refractivity contribution in [3.05, 3.63) is 29.6 Å². The van der Waals surface area contributed by atoms with Gasteiger partial charge in [0.15, 0.2) is 0 Å². The molecule has 1 aromatic carbocycles. The molecule has 17 heavy (non-hydrogen) atoms. The molecular weight excluding hydrogens is 235 g/mol. The van der Waals surface area contributed by atoms with E-state index in [4.69, 9.17) is 0 Å².